The van der Waals surface area contributed by atoms with Crippen molar-refractivity contribution >= 4 is 16.9 Å². The maximum absolute atomic E-state index is 14.5. The third kappa shape index (κ3) is 27.1. The Bertz CT molecular complexity index is 4480. The highest BCUT2D eigenvalue weighted by Gasteiger charge is 2.34. The molecule has 0 bridgehead atoms. The molecule has 0 N–H and O–H groups in total. The largest absolute Gasteiger partial charge is 0.457 e. The summed E-state index contributed by atoms with van der Waals surface area (Å²) in [5.74, 6) is -0.412. The van der Waals surface area contributed by atoms with E-state index in [9.17, 15) is 35.3 Å². The smallest absolute Gasteiger partial charge is 0.298 e. The van der Waals surface area contributed by atoms with Crippen LogP contribution in [0.15, 0.2) is 199 Å². The van der Waals surface area contributed by atoms with Crippen LogP contribution in [-0.4, -0.2) is 23.8 Å². The Labute approximate surface area is 626 Å². The summed E-state index contributed by atoms with van der Waals surface area (Å²) in [7, 11) is 0. The number of ketones is 1. The van der Waals surface area contributed by atoms with E-state index in [2.05, 4.69) is 170 Å². The summed E-state index contributed by atoms with van der Waals surface area (Å²) in [5, 5.41) is 0. The third-order valence-electron chi connectivity index (χ3n) is 19.2. The Balaban J connectivity index is 0.000000264. The molecule has 0 aliphatic rings. The summed E-state index contributed by atoms with van der Waals surface area (Å²) in [6.07, 6.45) is 0. The fourth-order valence-corrected chi connectivity index (χ4v) is 11.2. The lowest BCUT2D eigenvalue weighted by Gasteiger charge is -2.19. The van der Waals surface area contributed by atoms with Crippen LogP contribution in [0.4, 0.5) is 26.3 Å². The third-order valence-corrected chi connectivity index (χ3v) is 20.2. The normalized spacial score (nSPS) is 10.7. The van der Waals surface area contributed by atoms with Crippen molar-refractivity contribution in [2.75, 3.05) is 13.9 Å². The fourth-order valence-electron chi connectivity index (χ4n) is 10.3. The molecule has 0 amide bonds. The molecule has 0 aliphatic carbocycles. The molecule has 105 heavy (non-hydrogen) atoms. The fraction of sp³-hybridized carbons (Fsp3) is 0.287. The quantitative estimate of drug-likeness (QED) is 0.101. The first kappa shape index (κ1) is 87.8. The van der Waals surface area contributed by atoms with Crippen LogP contribution >= 0.6 is 0 Å². The van der Waals surface area contributed by atoms with Gasteiger partial charge in [0.15, 0.2) is 5.78 Å². The lowest BCUT2D eigenvalue weighted by atomic mass is 9.95. The molecule has 0 fully saturated rings. The van der Waals surface area contributed by atoms with Crippen molar-refractivity contribution in [3.05, 3.63) is 350 Å². The number of alkyl halides is 6. The number of aryl methyl sites for hydroxylation is 24. The van der Waals surface area contributed by atoms with Crippen LogP contribution in [-0.2, 0) is 17.0 Å². The summed E-state index contributed by atoms with van der Waals surface area (Å²) in [4.78, 5) is 13.1. The molecular formula is C94H108F6O4S. The minimum absolute atomic E-state index is 0.0545. The Morgan fingerprint density at radius 2 is 0.514 bits per heavy atom. The van der Waals surface area contributed by atoms with Gasteiger partial charge in [0.2, 0.25) is 24.9 Å². The van der Waals surface area contributed by atoms with E-state index in [0.29, 0.717) is 10.6 Å². The molecule has 1 atom stereocenters. The monoisotopic (exact) mass is 1450 g/mol. The van der Waals surface area contributed by atoms with Crippen LogP contribution in [0.2, 0.25) is 0 Å². The average molecular weight is 1450 g/mol. The molecule has 0 saturated carbocycles. The van der Waals surface area contributed by atoms with Crippen molar-refractivity contribution in [3.8, 4) is 28.4 Å². The van der Waals surface area contributed by atoms with Crippen LogP contribution in [0.1, 0.15) is 161 Å². The topological polar surface area (TPSA) is 52.6 Å². The minimum Gasteiger partial charge on any atom is -0.457 e. The molecule has 1 unspecified atom stereocenters. The number of ether oxygens (including phenoxy) is 1. The maximum Gasteiger partial charge on any atom is 0.298 e. The second-order valence-electron chi connectivity index (χ2n) is 27.3. The van der Waals surface area contributed by atoms with Crippen molar-refractivity contribution in [2.45, 2.75) is 177 Å². The van der Waals surface area contributed by atoms with E-state index in [1.165, 1.54) is 112 Å². The zero-order valence-electron chi connectivity index (χ0n) is 66.2. The number of carbonyl (C=O) groups excluding carboxylic acids is 1. The molecule has 11 rings (SSSR count). The number of hydrogen-bond acceptors (Lipinski definition) is 4. The first-order chi connectivity index (χ1) is 49.3. The van der Waals surface area contributed by atoms with E-state index in [0.717, 1.165) is 67.1 Å². The molecule has 11 heteroatoms. The van der Waals surface area contributed by atoms with Gasteiger partial charge < -0.3 is 8.92 Å². The van der Waals surface area contributed by atoms with Gasteiger partial charge >= 0.3 is 0 Å². The summed E-state index contributed by atoms with van der Waals surface area (Å²) in [6, 6.07) is 63.0. The number of hydrogen-bond donors (Lipinski definition) is 0. The van der Waals surface area contributed by atoms with Crippen molar-refractivity contribution in [3.63, 3.8) is 0 Å². The number of halogens is 6. The van der Waals surface area contributed by atoms with Crippen LogP contribution in [0.5, 0.6) is 17.2 Å². The zero-order chi connectivity index (χ0) is 78.7. The lowest BCUT2D eigenvalue weighted by Crippen LogP contribution is -2.16. The van der Waals surface area contributed by atoms with Crippen molar-refractivity contribution in [1.29, 1.82) is 0 Å². The average Bonchev–Trinajstić information content (AvgIpc) is 0.799. The van der Waals surface area contributed by atoms with E-state index < -0.39 is 30.9 Å². The molecule has 0 spiro atoms. The molecular weight excluding hydrogens is 1340 g/mol. The number of rotatable bonds is 10. The molecule has 556 valence electrons. The Kier molecular flexibility index (Phi) is 35.0. The molecule has 0 radical (unpaired) electrons. The van der Waals surface area contributed by atoms with Gasteiger partial charge in [-0.2, -0.15) is 8.78 Å². The van der Waals surface area contributed by atoms with Gasteiger partial charge in [0.05, 0.1) is 4.90 Å². The summed E-state index contributed by atoms with van der Waals surface area (Å²) < 4.78 is 91.0. The van der Waals surface area contributed by atoms with Crippen LogP contribution < -0.4 is 8.92 Å². The van der Waals surface area contributed by atoms with E-state index in [-0.39, 0.29) is 16.9 Å². The first-order valence-electron chi connectivity index (χ1n) is 35.1. The van der Waals surface area contributed by atoms with Gasteiger partial charge in [-0.15, -0.1) is 0 Å². The van der Waals surface area contributed by atoms with Gasteiger partial charge in [-0.3, -0.25) is 4.79 Å². The zero-order valence-corrected chi connectivity index (χ0v) is 67.0. The van der Waals surface area contributed by atoms with Gasteiger partial charge in [-0.05, 0) is 384 Å². The lowest BCUT2D eigenvalue weighted by molar-refractivity contribution is 0.0427. The van der Waals surface area contributed by atoms with Crippen LogP contribution in [0.3, 0.4) is 0 Å². The van der Waals surface area contributed by atoms with Crippen molar-refractivity contribution in [2.24, 2.45) is 0 Å². The summed E-state index contributed by atoms with van der Waals surface area (Å²) in [6.45, 7) is 46.0. The van der Waals surface area contributed by atoms with Crippen LogP contribution in [0, 0.1) is 166 Å². The Morgan fingerprint density at radius 1 is 0.276 bits per heavy atom. The Morgan fingerprint density at radius 3 is 0.810 bits per heavy atom. The second-order valence-corrected chi connectivity index (χ2v) is 28.4. The minimum atomic E-state index is -2.95. The highest BCUT2D eigenvalue weighted by molar-refractivity contribution is 7.80. The highest BCUT2D eigenvalue weighted by atomic mass is 32.2. The van der Waals surface area contributed by atoms with Gasteiger partial charge in [0.25, 0.3) is 5.92 Å². The molecule has 0 aromatic heterocycles. The number of benzene rings is 11. The predicted molar refractivity (Wildman–Crippen MR) is 431 cm³/mol. The van der Waals surface area contributed by atoms with E-state index >= 15 is 0 Å². The summed E-state index contributed by atoms with van der Waals surface area (Å²) in [5.41, 5.74) is 33.6. The second kappa shape index (κ2) is 41.8. The van der Waals surface area contributed by atoms with Gasteiger partial charge in [0.1, 0.15) is 17.2 Å². The predicted octanol–water partition coefficient (Wildman–Crippen LogP) is 27.2. The maximum atomic E-state index is 14.5. The molecule has 0 saturated heterocycles. The molecule has 0 aliphatic heterocycles. The molecule has 0 heterocycles. The van der Waals surface area contributed by atoms with E-state index in [1.54, 1.807) is 24.3 Å². The standard InChI is InChI=1S/C17H18F2.C17H18O.C16H18O2S.C16H18O.C16H18.C10H14.2CH2F2/c1-11-5-7-15(9-13(11)3)17(18,19)16-8-6-12(2)14(4)10-16;1-11-5-7-15(9-13(11)3)17(18)16-8-6-12(2)14(4)10-16;1-11-5-7-15(9-13(11)3)18-19(17)16-8-6-12(2)14(4)10-16;1-11-5-7-15(9-13(11)3)17-16-8-6-12(2)14(4)10-16;1-11-5-7-15(9-13(11)3)16-8-6-12(2)14(4)10-16;1-7-5-9(3)10(4)6-8(7)2;2*2-1-3/h5-10H,1-4H3;5-10H,1-4H3;5-10H,1-4H3;5-10H,1-4H3;5-10H,1-4H3;5-6H,1-4H3;2*1H2. The van der Waals surface area contributed by atoms with Gasteiger partial charge in [-0.25, -0.2) is 21.8 Å². The van der Waals surface area contributed by atoms with Gasteiger partial charge in [0, 0.05) is 22.3 Å². The first-order valence-corrected chi connectivity index (χ1v) is 36.2. The van der Waals surface area contributed by atoms with Crippen molar-refractivity contribution in [1.82, 2.24) is 0 Å². The van der Waals surface area contributed by atoms with Gasteiger partial charge in [-0.1, -0.05) is 121 Å². The highest BCUT2D eigenvalue weighted by Crippen LogP contribution is 2.37. The van der Waals surface area contributed by atoms with E-state index in [1.807, 2.05) is 154 Å². The molecule has 11 aromatic rings. The van der Waals surface area contributed by atoms with Crippen molar-refractivity contribution < 1.29 is 44.3 Å². The number of carbonyl (C=O) groups is 1. The Hall–Kier alpha value is -9.58. The SMILES string of the molecule is Cc1cc(C)c(C)cc1C.Cc1ccc(-c2ccc(C)c(C)c2)cc1C.Cc1ccc(C(=O)c2ccc(C)c(C)c2)cc1C.Cc1ccc(C(F)(F)c2ccc(C)c(C)c2)cc1C.Cc1ccc(OS(=O)c2ccc(C)c(C)c2)cc1C.Cc1ccc(Oc2ccc(C)c(C)c2)cc1C.FCF.FCF. The molecule has 11 aromatic carbocycles. The molecule has 4 nitrogen and oxygen atoms in total. The summed E-state index contributed by atoms with van der Waals surface area (Å²) >= 11 is -1.47. The van der Waals surface area contributed by atoms with Crippen LogP contribution in [0.25, 0.3) is 11.1 Å². The van der Waals surface area contributed by atoms with E-state index in [4.69, 9.17) is 8.92 Å².